The van der Waals surface area contributed by atoms with E-state index in [0.717, 1.165) is 18.0 Å². The number of nitrogens with one attached hydrogen (secondary N) is 1. The van der Waals surface area contributed by atoms with Gasteiger partial charge >= 0.3 is 6.03 Å². The van der Waals surface area contributed by atoms with Crippen LogP contribution < -0.4 is 16.0 Å². The Morgan fingerprint density at radius 1 is 1.08 bits per heavy atom. The van der Waals surface area contributed by atoms with Crippen LogP contribution in [0.4, 0.5) is 10.5 Å². The molecule has 1 aliphatic heterocycles. The molecule has 25 heavy (non-hydrogen) atoms. The molecule has 2 heterocycles. The standard InChI is InChI=1S/C18H22N4O2S/c19-18(24)20-15(16-7-4-12-25-16)13-17(23)22-10-8-21(9-11-22)14-5-2-1-3-6-14/h1-7,12,15H,8-11,13H2,(H3,19,20,24). The van der Waals surface area contributed by atoms with Crippen molar-refractivity contribution in [3.8, 4) is 0 Å². The highest BCUT2D eigenvalue weighted by Crippen LogP contribution is 2.23. The van der Waals surface area contributed by atoms with Crippen molar-refractivity contribution in [1.29, 1.82) is 0 Å². The van der Waals surface area contributed by atoms with Crippen LogP contribution in [0.25, 0.3) is 0 Å². The topological polar surface area (TPSA) is 78.7 Å². The van der Waals surface area contributed by atoms with E-state index in [2.05, 4.69) is 22.3 Å². The number of anilines is 1. The van der Waals surface area contributed by atoms with Crippen LogP contribution in [0.15, 0.2) is 47.8 Å². The lowest BCUT2D eigenvalue weighted by Crippen LogP contribution is -2.49. The van der Waals surface area contributed by atoms with E-state index in [9.17, 15) is 9.59 Å². The van der Waals surface area contributed by atoms with Gasteiger partial charge in [-0.2, -0.15) is 0 Å². The average Bonchev–Trinajstić information content (AvgIpc) is 3.16. The van der Waals surface area contributed by atoms with Gasteiger partial charge in [-0.3, -0.25) is 4.79 Å². The van der Waals surface area contributed by atoms with Gasteiger partial charge in [-0.25, -0.2) is 4.79 Å². The van der Waals surface area contributed by atoms with Crippen LogP contribution in [-0.4, -0.2) is 43.0 Å². The summed E-state index contributed by atoms with van der Waals surface area (Å²) >= 11 is 1.51. The number of benzene rings is 1. The van der Waals surface area contributed by atoms with Gasteiger partial charge < -0.3 is 20.9 Å². The third-order valence-electron chi connectivity index (χ3n) is 4.34. The molecule has 0 spiro atoms. The molecule has 1 unspecified atom stereocenters. The fraction of sp³-hybridized carbons (Fsp3) is 0.333. The zero-order chi connectivity index (χ0) is 17.6. The zero-order valence-electron chi connectivity index (χ0n) is 13.9. The summed E-state index contributed by atoms with van der Waals surface area (Å²) in [5, 5.41) is 4.60. The van der Waals surface area contributed by atoms with Crippen molar-refractivity contribution in [2.75, 3.05) is 31.1 Å². The van der Waals surface area contributed by atoms with Gasteiger partial charge in [0.2, 0.25) is 5.91 Å². The second-order valence-electron chi connectivity index (χ2n) is 5.98. The van der Waals surface area contributed by atoms with E-state index in [1.807, 2.05) is 40.6 Å². The summed E-state index contributed by atoms with van der Waals surface area (Å²) in [5.74, 6) is 0.0415. The Labute approximate surface area is 151 Å². The molecule has 0 radical (unpaired) electrons. The summed E-state index contributed by atoms with van der Waals surface area (Å²) in [6.07, 6.45) is 0.231. The second kappa shape index (κ2) is 8.02. The largest absolute Gasteiger partial charge is 0.368 e. The molecule has 1 aliphatic rings. The molecule has 3 N–H and O–H groups in total. The molecule has 1 saturated heterocycles. The van der Waals surface area contributed by atoms with Crippen LogP contribution in [-0.2, 0) is 4.79 Å². The van der Waals surface area contributed by atoms with Crippen molar-refractivity contribution >= 4 is 29.0 Å². The summed E-state index contributed by atoms with van der Waals surface area (Å²) < 4.78 is 0. The van der Waals surface area contributed by atoms with Crippen molar-refractivity contribution < 1.29 is 9.59 Å². The van der Waals surface area contributed by atoms with Gasteiger partial charge in [0.1, 0.15) is 0 Å². The molecule has 3 rings (SSSR count). The Kier molecular flexibility index (Phi) is 5.55. The SMILES string of the molecule is NC(=O)NC(CC(=O)N1CCN(c2ccccc2)CC1)c1cccs1. The van der Waals surface area contributed by atoms with E-state index in [1.165, 1.54) is 17.0 Å². The first-order valence-electron chi connectivity index (χ1n) is 8.30. The van der Waals surface area contributed by atoms with Crippen molar-refractivity contribution in [2.24, 2.45) is 5.73 Å². The second-order valence-corrected chi connectivity index (χ2v) is 6.96. The normalized spacial score (nSPS) is 15.7. The van der Waals surface area contributed by atoms with Gasteiger partial charge in [-0.05, 0) is 23.6 Å². The lowest BCUT2D eigenvalue weighted by Gasteiger charge is -2.36. The molecule has 1 aromatic heterocycles. The van der Waals surface area contributed by atoms with E-state index < -0.39 is 6.03 Å². The summed E-state index contributed by atoms with van der Waals surface area (Å²) in [5.41, 5.74) is 6.44. The van der Waals surface area contributed by atoms with Crippen LogP contribution in [0.3, 0.4) is 0 Å². The predicted octanol–water partition coefficient (Wildman–Crippen LogP) is 2.20. The van der Waals surface area contributed by atoms with Gasteiger partial charge in [0, 0.05) is 36.7 Å². The third kappa shape index (κ3) is 4.51. The number of urea groups is 1. The number of piperazine rings is 1. The highest BCUT2D eigenvalue weighted by atomic mass is 32.1. The minimum absolute atomic E-state index is 0.0415. The number of carbonyl (C=O) groups is 2. The molecule has 7 heteroatoms. The van der Waals surface area contributed by atoms with Crippen molar-refractivity contribution in [3.63, 3.8) is 0 Å². The highest BCUT2D eigenvalue weighted by molar-refractivity contribution is 7.10. The van der Waals surface area contributed by atoms with Crippen LogP contribution in [0.1, 0.15) is 17.3 Å². The molecule has 3 amide bonds. The van der Waals surface area contributed by atoms with E-state index in [-0.39, 0.29) is 18.4 Å². The number of thiophene rings is 1. The molecule has 0 saturated carbocycles. The number of hydrogen-bond donors (Lipinski definition) is 2. The summed E-state index contributed by atoms with van der Waals surface area (Å²) in [6.45, 7) is 2.98. The first-order valence-corrected chi connectivity index (χ1v) is 9.18. The van der Waals surface area contributed by atoms with E-state index in [1.54, 1.807) is 0 Å². The lowest BCUT2D eigenvalue weighted by molar-refractivity contribution is -0.132. The zero-order valence-corrected chi connectivity index (χ0v) is 14.7. The minimum atomic E-state index is -0.611. The Balaban J connectivity index is 1.57. The number of amides is 3. The Bertz CT molecular complexity index is 697. The highest BCUT2D eigenvalue weighted by Gasteiger charge is 2.25. The lowest BCUT2D eigenvalue weighted by atomic mass is 10.1. The number of hydrogen-bond acceptors (Lipinski definition) is 4. The third-order valence-corrected chi connectivity index (χ3v) is 5.32. The van der Waals surface area contributed by atoms with Gasteiger partial charge in [-0.15, -0.1) is 11.3 Å². The van der Waals surface area contributed by atoms with Gasteiger partial charge in [-0.1, -0.05) is 24.3 Å². The number of nitrogens with zero attached hydrogens (tertiary/aromatic N) is 2. The van der Waals surface area contributed by atoms with Crippen LogP contribution in [0, 0.1) is 0 Å². The maximum atomic E-state index is 12.6. The number of nitrogens with two attached hydrogens (primary N) is 1. The van der Waals surface area contributed by atoms with Gasteiger partial charge in [0.15, 0.2) is 0 Å². The van der Waals surface area contributed by atoms with Crippen LogP contribution >= 0.6 is 11.3 Å². The smallest absolute Gasteiger partial charge is 0.312 e. The Morgan fingerprint density at radius 3 is 2.40 bits per heavy atom. The first-order chi connectivity index (χ1) is 12.1. The van der Waals surface area contributed by atoms with Crippen LogP contribution in [0.2, 0.25) is 0 Å². The molecular formula is C18H22N4O2S. The van der Waals surface area contributed by atoms with Gasteiger partial charge in [0.05, 0.1) is 12.5 Å². The fourth-order valence-electron chi connectivity index (χ4n) is 3.04. The quantitative estimate of drug-likeness (QED) is 0.860. The summed E-state index contributed by atoms with van der Waals surface area (Å²) in [6, 6.07) is 13.0. The number of para-hydroxylation sites is 1. The van der Waals surface area contributed by atoms with Crippen molar-refractivity contribution in [3.05, 3.63) is 52.7 Å². The van der Waals surface area contributed by atoms with Crippen molar-refractivity contribution in [1.82, 2.24) is 10.2 Å². The molecule has 0 aliphatic carbocycles. The summed E-state index contributed by atoms with van der Waals surface area (Å²) in [4.78, 5) is 29.0. The molecule has 6 nitrogen and oxygen atoms in total. The van der Waals surface area contributed by atoms with E-state index in [4.69, 9.17) is 5.73 Å². The summed E-state index contributed by atoms with van der Waals surface area (Å²) in [7, 11) is 0. The number of rotatable bonds is 5. The molecule has 0 bridgehead atoms. The van der Waals surface area contributed by atoms with E-state index in [0.29, 0.717) is 13.1 Å². The Hall–Kier alpha value is -2.54. The predicted molar refractivity (Wildman–Crippen MR) is 99.6 cm³/mol. The molecular weight excluding hydrogens is 336 g/mol. The Morgan fingerprint density at radius 2 is 1.80 bits per heavy atom. The van der Waals surface area contributed by atoms with Crippen molar-refractivity contribution in [2.45, 2.75) is 12.5 Å². The van der Waals surface area contributed by atoms with Gasteiger partial charge in [0.25, 0.3) is 0 Å². The maximum Gasteiger partial charge on any atom is 0.312 e. The molecule has 132 valence electrons. The number of primary amides is 1. The van der Waals surface area contributed by atoms with Crippen LogP contribution in [0.5, 0.6) is 0 Å². The average molecular weight is 358 g/mol. The molecule has 2 aromatic rings. The number of carbonyl (C=O) groups excluding carboxylic acids is 2. The molecule has 1 aromatic carbocycles. The monoisotopic (exact) mass is 358 g/mol. The molecule has 1 fully saturated rings. The first kappa shape index (κ1) is 17.3. The fourth-order valence-corrected chi connectivity index (χ4v) is 3.82. The maximum absolute atomic E-state index is 12.6. The molecule has 1 atom stereocenters. The minimum Gasteiger partial charge on any atom is -0.368 e. The van der Waals surface area contributed by atoms with E-state index >= 15 is 0 Å².